The molecule has 20 heavy (non-hydrogen) atoms. The fraction of sp³-hybridized carbons (Fsp3) is 0.467. The van der Waals surface area contributed by atoms with Crippen molar-refractivity contribution in [2.75, 3.05) is 0 Å². The first kappa shape index (κ1) is 16.0. The van der Waals surface area contributed by atoms with Crippen LogP contribution in [0.3, 0.4) is 0 Å². The third-order valence-corrected chi connectivity index (χ3v) is 3.64. The van der Waals surface area contributed by atoms with Gasteiger partial charge in [-0.3, -0.25) is 4.79 Å². The summed E-state index contributed by atoms with van der Waals surface area (Å²) in [4.78, 5) is 12.2. The average molecular weight is 277 g/mol. The monoisotopic (exact) mass is 277 g/mol. The van der Waals surface area contributed by atoms with Gasteiger partial charge in [-0.1, -0.05) is 44.0 Å². The van der Waals surface area contributed by atoms with Gasteiger partial charge in [-0.2, -0.15) is 0 Å². The molecule has 0 fully saturated rings. The minimum Gasteiger partial charge on any atom is -0.409 e. The van der Waals surface area contributed by atoms with Crippen LogP contribution in [0.25, 0.3) is 0 Å². The summed E-state index contributed by atoms with van der Waals surface area (Å²) < 4.78 is 0. The molecule has 0 spiro atoms. The molecule has 5 nitrogen and oxygen atoms in total. The number of oxime groups is 1. The molecule has 1 aromatic rings. The molecule has 4 N–H and O–H groups in total. The third-order valence-electron chi connectivity index (χ3n) is 3.64. The average Bonchev–Trinajstić information content (AvgIpc) is 2.47. The van der Waals surface area contributed by atoms with Crippen molar-refractivity contribution in [3.05, 3.63) is 35.4 Å². The van der Waals surface area contributed by atoms with E-state index in [0.717, 1.165) is 12.8 Å². The molecule has 0 saturated heterocycles. The topological polar surface area (TPSA) is 87.7 Å². The zero-order valence-corrected chi connectivity index (χ0v) is 12.3. The molecule has 1 rings (SSSR count). The zero-order valence-electron chi connectivity index (χ0n) is 12.3. The summed E-state index contributed by atoms with van der Waals surface area (Å²) in [7, 11) is 0. The lowest BCUT2D eigenvalue weighted by atomic mass is 9.95. The number of nitrogens with two attached hydrogens (primary N) is 1. The Bertz CT molecular complexity index is 482. The maximum atomic E-state index is 12.2. The van der Waals surface area contributed by atoms with E-state index in [2.05, 4.69) is 24.3 Å². The van der Waals surface area contributed by atoms with Crippen molar-refractivity contribution in [1.82, 2.24) is 5.32 Å². The smallest absolute Gasteiger partial charge is 0.251 e. The van der Waals surface area contributed by atoms with Gasteiger partial charge in [0.15, 0.2) is 5.84 Å². The fourth-order valence-electron chi connectivity index (χ4n) is 2.28. The Hall–Kier alpha value is -2.04. The summed E-state index contributed by atoms with van der Waals surface area (Å²) in [5, 5.41) is 14.6. The first-order chi connectivity index (χ1) is 9.53. The van der Waals surface area contributed by atoms with Crippen LogP contribution in [0.15, 0.2) is 29.4 Å². The van der Waals surface area contributed by atoms with Gasteiger partial charge < -0.3 is 16.3 Å². The lowest BCUT2D eigenvalue weighted by Crippen LogP contribution is -2.37. The van der Waals surface area contributed by atoms with Gasteiger partial charge in [0.2, 0.25) is 0 Å². The Kier molecular flexibility index (Phi) is 6.03. The quantitative estimate of drug-likeness (QED) is 0.323. The van der Waals surface area contributed by atoms with Crippen LogP contribution < -0.4 is 11.1 Å². The second-order valence-corrected chi connectivity index (χ2v) is 4.90. The highest BCUT2D eigenvalue weighted by Gasteiger charge is 2.17. The molecule has 0 saturated carbocycles. The molecule has 1 unspecified atom stereocenters. The number of nitrogens with one attached hydrogen (secondary N) is 1. The summed E-state index contributed by atoms with van der Waals surface area (Å²) in [5.41, 5.74) is 6.55. The van der Waals surface area contributed by atoms with Crippen LogP contribution in [0.1, 0.15) is 49.5 Å². The number of amides is 1. The van der Waals surface area contributed by atoms with Gasteiger partial charge in [0.25, 0.3) is 5.91 Å². The summed E-state index contributed by atoms with van der Waals surface area (Å²) in [6, 6.07) is 6.85. The summed E-state index contributed by atoms with van der Waals surface area (Å²) in [6.07, 6.45) is 2.06. The van der Waals surface area contributed by atoms with Crippen LogP contribution in [0.2, 0.25) is 0 Å². The molecule has 0 aliphatic carbocycles. The van der Waals surface area contributed by atoms with Crippen molar-refractivity contribution >= 4 is 11.7 Å². The predicted octanol–water partition coefficient (Wildman–Crippen LogP) is 2.34. The largest absolute Gasteiger partial charge is 0.409 e. The van der Waals surface area contributed by atoms with Crippen LogP contribution in [0.4, 0.5) is 0 Å². The third kappa shape index (κ3) is 3.98. The molecule has 1 amide bonds. The normalized spacial score (nSPS) is 13.3. The van der Waals surface area contributed by atoms with Crippen molar-refractivity contribution in [3.63, 3.8) is 0 Å². The first-order valence-electron chi connectivity index (χ1n) is 6.92. The minimum absolute atomic E-state index is 0.00677. The molecule has 0 radical (unpaired) electrons. The second-order valence-electron chi connectivity index (χ2n) is 4.90. The molecule has 0 heterocycles. The lowest BCUT2D eigenvalue weighted by Gasteiger charge is -2.22. The number of carbonyl (C=O) groups is 1. The van der Waals surface area contributed by atoms with E-state index in [1.165, 1.54) is 0 Å². The van der Waals surface area contributed by atoms with Gasteiger partial charge in [-0.15, -0.1) is 0 Å². The maximum Gasteiger partial charge on any atom is 0.251 e. The van der Waals surface area contributed by atoms with Crippen molar-refractivity contribution in [2.24, 2.45) is 16.8 Å². The highest BCUT2D eigenvalue weighted by atomic mass is 16.4. The van der Waals surface area contributed by atoms with Crippen molar-refractivity contribution in [2.45, 2.75) is 39.7 Å². The van der Waals surface area contributed by atoms with Gasteiger partial charge in [-0.05, 0) is 25.0 Å². The highest BCUT2D eigenvalue weighted by Crippen LogP contribution is 2.13. The molecule has 0 aromatic heterocycles. The first-order valence-corrected chi connectivity index (χ1v) is 6.92. The second kappa shape index (κ2) is 7.53. The zero-order chi connectivity index (χ0) is 15.1. The van der Waals surface area contributed by atoms with E-state index in [1.807, 2.05) is 6.92 Å². The molecule has 5 heteroatoms. The number of carbonyl (C=O) groups excluding carboxylic acids is 1. The number of amidine groups is 1. The highest BCUT2D eigenvalue weighted by molar-refractivity contribution is 6.01. The Morgan fingerprint density at radius 3 is 2.50 bits per heavy atom. The van der Waals surface area contributed by atoms with E-state index in [0.29, 0.717) is 17.0 Å². The molecule has 0 bridgehead atoms. The summed E-state index contributed by atoms with van der Waals surface area (Å²) in [5.74, 6) is 0.316. The van der Waals surface area contributed by atoms with Gasteiger partial charge in [-0.25, -0.2) is 0 Å². The Balaban J connectivity index is 2.82. The molecule has 0 aliphatic heterocycles. The van der Waals surface area contributed by atoms with Crippen LogP contribution >= 0.6 is 0 Å². The molecule has 0 aliphatic rings. The van der Waals surface area contributed by atoms with Gasteiger partial charge in [0.1, 0.15) is 0 Å². The molecular weight excluding hydrogens is 254 g/mol. The Morgan fingerprint density at radius 1 is 1.35 bits per heavy atom. The van der Waals surface area contributed by atoms with Crippen molar-refractivity contribution in [1.29, 1.82) is 0 Å². The number of rotatable bonds is 6. The van der Waals surface area contributed by atoms with E-state index in [9.17, 15) is 4.79 Å². The number of hydrogen-bond donors (Lipinski definition) is 3. The SMILES string of the molecule is CCC(CC)C(C)NC(=O)c1cccc(C(N)=NO)c1. The number of benzene rings is 1. The lowest BCUT2D eigenvalue weighted by molar-refractivity contribution is 0.0925. The molecule has 1 aromatic carbocycles. The van der Waals surface area contributed by atoms with E-state index >= 15 is 0 Å². The summed E-state index contributed by atoms with van der Waals surface area (Å²) in [6.45, 7) is 6.26. The standard InChI is InChI=1S/C15H23N3O2/c1-4-11(5-2)10(3)17-15(19)13-8-6-7-12(9-13)14(16)18-20/h6-11,20H,4-5H2,1-3H3,(H2,16,18)(H,17,19). The fourth-order valence-corrected chi connectivity index (χ4v) is 2.28. The summed E-state index contributed by atoms with van der Waals surface area (Å²) >= 11 is 0. The number of nitrogens with zero attached hydrogens (tertiary/aromatic N) is 1. The van der Waals surface area contributed by atoms with Crippen LogP contribution in [-0.2, 0) is 0 Å². The van der Waals surface area contributed by atoms with Crippen molar-refractivity contribution in [3.8, 4) is 0 Å². The van der Waals surface area contributed by atoms with E-state index in [4.69, 9.17) is 10.9 Å². The molecular formula is C15H23N3O2. The van der Waals surface area contributed by atoms with Crippen LogP contribution in [-0.4, -0.2) is 23.0 Å². The minimum atomic E-state index is -0.142. The van der Waals surface area contributed by atoms with Crippen LogP contribution in [0.5, 0.6) is 0 Å². The Labute approximate surface area is 119 Å². The predicted molar refractivity (Wildman–Crippen MR) is 80.0 cm³/mol. The molecule has 1 atom stereocenters. The van der Waals surface area contributed by atoms with E-state index < -0.39 is 0 Å². The van der Waals surface area contributed by atoms with E-state index in [-0.39, 0.29) is 17.8 Å². The van der Waals surface area contributed by atoms with Gasteiger partial charge in [0, 0.05) is 17.2 Å². The number of hydrogen-bond acceptors (Lipinski definition) is 3. The maximum absolute atomic E-state index is 12.2. The van der Waals surface area contributed by atoms with Crippen LogP contribution in [0, 0.1) is 5.92 Å². The van der Waals surface area contributed by atoms with Crippen molar-refractivity contribution < 1.29 is 10.0 Å². The van der Waals surface area contributed by atoms with Gasteiger partial charge >= 0.3 is 0 Å². The van der Waals surface area contributed by atoms with E-state index in [1.54, 1.807) is 24.3 Å². The Morgan fingerprint density at radius 2 is 1.95 bits per heavy atom. The van der Waals surface area contributed by atoms with Gasteiger partial charge in [0.05, 0.1) is 0 Å². The molecule has 110 valence electrons.